The van der Waals surface area contributed by atoms with Crippen LogP contribution in [-0.4, -0.2) is 36.4 Å². The molecule has 198 valence electrons. The molecule has 3 aromatic carbocycles. The van der Waals surface area contributed by atoms with E-state index in [4.69, 9.17) is 26.8 Å². The number of ether oxygens (including phenoxy) is 2. The molecule has 0 aliphatic heterocycles. The number of carbonyl (C=O) groups excluding carboxylic acids is 1. The van der Waals surface area contributed by atoms with Crippen molar-refractivity contribution in [3.8, 4) is 5.75 Å². The quantitative estimate of drug-likeness (QED) is 0.276. The van der Waals surface area contributed by atoms with Gasteiger partial charge in [0.25, 0.3) is 0 Å². The Hall–Kier alpha value is -3.04. The lowest BCUT2D eigenvalue weighted by Crippen LogP contribution is -2.36. The number of aryl methyl sites for hydroxylation is 1. The van der Waals surface area contributed by atoms with Crippen LogP contribution in [-0.2, 0) is 22.5 Å². The van der Waals surface area contributed by atoms with E-state index in [-0.39, 0.29) is 19.6 Å². The largest absolute Gasteiger partial charge is 0.490 e. The Labute approximate surface area is 220 Å². The van der Waals surface area contributed by atoms with Crippen LogP contribution in [0.3, 0.4) is 0 Å². The molecular weight excluding hydrogens is 502 g/mol. The number of nitrogens with two attached hydrogens (primary N) is 1. The number of carbonyl (C=O) groups is 1. The Morgan fingerprint density at radius 1 is 1.03 bits per heavy atom. The first-order valence-corrected chi connectivity index (χ1v) is 12.4. The number of rotatable bonds is 13. The van der Waals surface area contributed by atoms with Crippen LogP contribution in [0.5, 0.6) is 5.75 Å². The normalized spacial score (nSPS) is 13.6. The van der Waals surface area contributed by atoms with Crippen molar-refractivity contribution >= 4 is 17.6 Å². The Morgan fingerprint density at radius 3 is 2.38 bits per heavy atom. The van der Waals surface area contributed by atoms with Gasteiger partial charge in [-0.2, -0.15) is 0 Å². The molecule has 0 saturated heterocycles. The fraction of sp³-hybridized carbons (Fsp3) is 0.321. The van der Waals surface area contributed by atoms with E-state index >= 15 is 0 Å². The minimum absolute atomic E-state index is 0.196. The molecule has 0 amide bonds. The summed E-state index contributed by atoms with van der Waals surface area (Å²) >= 11 is 5.82. The summed E-state index contributed by atoms with van der Waals surface area (Å²) in [6.45, 7) is 2.01. The average molecular weight is 533 g/mol. The smallest absolute Gasteiger partial charge is 0.338 e. The van der Waals surface area contributed by atoms with Gasteiger partial charge in [-0.05, 0) is 65.9 Å². The number of hydrogen-bond donors (Lipinski definition) is 3. The second-order valence-electron chi connectivity index (χ2n) is 8.72. The summed E-state index contributed by atoms with van der Waals surface area (Å²) in [5.41, 5.74) is 8.79. The van der Waals surface area contributed by atoms with Gasteiger partial charge >= 0.3 is 5.97 Å². The molecule has 37 heavy (non-hydrogen) atoms. The number of hydrogen-bond acceptors (Lipinski definition) is 6. The number of benzene rings is 3. The molecule has 4 N–H and O–H groups in total. The minimum atomic E-state index is -1.51. The van der Waals surface area contributed by atoms with E-state index in [0.717, 1.165) is 18.1 Å². The summed E-state index contributed by atoms with van der Waals surface area (Å²) < 4.78 is 38.4. The van der Waals surface area contributed by atoms with Crippen molar-refractivity contribution in [1.29, 1.82) is 0 Å². The molecule has 0 aromatic heterocycles. The minimum Gasteiger partial charge on any atom is -0.490 e. The highest BCUT2D eigenvalue weighted by Crippen LogP contribution is 2.22. The van der Waals surface area contributed by atoms with Gasteiger partial charge in [0, 0.05) is 29.7 Å². The van der Waals surface area contributed by atoms with Crippen LogP contribution in [0.1, 0.15) is 36.1 Å². The molecule has 3 aromatic rings. The number of esters is 1. The predicted molar refractivity (Wildman–Crippen MR) is 138 cm³/mol. The van der Waals surface area contributed by atoms with Gasteiger partial charge in [-0.1, -0.05) is 42.8 Å². The molecular formula is C28H31ClF2N2O4. The van der Waals surface area contributed by atoms with Gasteiger partial charge in [0.05, 0.1) is 0 Å². The van der Waals surface area contributed by atoms with Gasteiger partial charge < -0.3 is 25.6 Å². The molecule has 9 heteroatoms. The van der Waals surface area contributed by atoms with Crippen molar-refractivity contribution in [1.82, 2.24) is 5.32 Å². The van der Waals surface area contributed by atoms with E-state index in [9.17, 15) is 18.7 Å². The van der Waals surface area contributed by atoms with Crippen molar-refractivity contribution in [2.75, 3.05) is 13.2 Å². The van der Waals surface area contributed by atoms with Crippen molar-refractivity contribution in [3.63, 3.8) is 0 Å². The molecule has 0 saturated carbocycles. The zero-order valence-electron chi connectivity index (χ0n) is 20.5. The zero-order chi connectivity index (χ0) is 26.8. The zero-order valence-corrected chi connectivity index (χ0v) is 21.3. The van der Waals surface area contributed by atoms with Crippen LogP contribution in [0.2, 0.25) is 5.02 Å². The maximum atomic E-state index is 13.9. The number of aliphatic hydroxyl groups excluding tert-OH is 1. The summed E-state index contributed by atoms with van der Waals surface area (Å²) in [5.74, 6) is -1.84. The number of halogens is 3. The van der Waals surface area contributed by atoms with Crippen molar-refractivity contribution in [2.45, 2.75) is 44.5 Å². The van der Waals surface area contributed by atoms with Crippen molar-refractivity contribution in [2.24, 2.45) is 5.73 Å². The highest BCUT2D eigenvalue weighted by molar-refractivity contribution is 6.30. The highest BCUT2D eigenvalue weighted by Gasteiger charge is 2.22. The van der Waals surface area contributed by atoms with Gasteiger partial charge in [0.15, 0.2) is 6.10 Å². The Balaban J connectivity index is 1.57. The van der Waals surface area contributed by atoms with Gasteiger partial charge in [0.1, 0.15) is 30.6 Å². The summed E-state index contributed by atoms with van der Waals surface area (Å²) in [6.07, 6.45) is -0.403. The lowest BCUT2D eigenvalue weighted by molar-refractivity contribution is -0.155. The summed E-state index contributed by atoms with van der Waals surface area (Å²) in [4.78, 5) is 12.2. The summed E-state index contributed by atoms with van der Waals surface area (Å²) in [5, 5.41) is 13.9. The second-order valence-corrected chi connectivity index (χ2v) is 9.15. The molecule has 6 nitrogen and oxygen atoms in total. The molecule has 0 aliphatic rings. The molecule has 0 aliphatic carbocycles. The maximum absolute atomic E-state index is 13.9. The van der Waals surface area contributed by atoms with E-state index in [1.165, 1.54) is 17.7 Å². The third-order valence-electron chi connectivity index (χ3n) is 5.71. The lowest BCUT2D eigenvalue weighted by Gasteiger charge is -2.23. The molecule has 0 radical (unpaired) electrons. The average Bonchev–Trinajstić information content (AvgIpc) is 2.88. The van der Waals surface area contributed by atoms with Crippen LogP contribution >= 0.6 is 11.6 Å². The molecule has 3 rings (SSSR count). The Kier molecular flexibility index (Phi) is 10.8. The van der Waals surface area contributed by atoms with Crippen LogP contribution in [0.4, 0.5) is 8.78 Å². The van der Waals surface area contributed by atoms with E-state index < -0.39 is 35.8 Å². The third-order valence-corrected chi connectivity index (χ3v) is 5.96. The highest BCUT2D eigenvalue weighted by atomic mass is 35.5. The van der Waals surface area contributed by atoms with E-state index in [1.54, 1.807) is 24.3 Å². The van der Waals surface area contributed by atoms with E-state index in [1.807, 2.05) is 18.2 Å². The van der Waals surface area contributed by atoms with Crippen molar-refractivity contribution in [3.05, 3.63) is 100 Å². The molecule has 0 heterocycles. The monoisotopic (exact) mass is 532 g/mol. The first-order chi connectivity index (χ1) is 17.7. The molecule has 2 unspecified atom stereocenters. The van der Waals surface area contributed by atoms with Crippen LogP contribution in [0.15, 0.2) is 66.7 Å². The molecule has 0 spiro atoms. The van der Waals surface area contributed by atoms with Gasteiger partial charge in [0.2, 0.25) is 0 Å². The molecule has 0 fully saturated rings. The maximum Gasteiger partial charge on any atom is 0.338 e. The fourth-order valence-corrected chi connectivity index (χ4v) is 3.87. The Morgan fingerprint density at radius 2 is 1.70 bits per heavy atom. The van der Waals surface area contributed by atoms with Crippen molar-refractivity contribution < 1.29 is 28.2 Å². The Bertz CT molecular complexity index is 1140. The number of nitrogens with one attached hydrogen (secondary N) is 1. The first-order valence-electron chi connectivity index (χ1n) is 12.0. The number of aliphatic hydroxyl groups is 1. The van der Waals surface area contributed by atoms with Crippen LogP contribution in [0, 0.1) is 11.6 Å². The predicted octanol–water partition coefficient (Wildman–Crippen LogP) is 4.71. The van der Waals surface area contributed by atoms with Crippen LogP contribution < -0.4 is 15.8 Å². The standard InChI is InChI=1S/C28H31ClF2N2O4/c1-2-18-4-3-5-19(10-18)15-33-26(20-11-22(30)13-23(31)12-20)14-24(32)16-37-28(35)27(34)17-36-25-8-6-21(29)7-9-25/h3-13,24,26-27,33-34H,2,14-17,32H2,1H3/t24-,26?,27?/m0/s1. The van der Waals surface area contributed by atoms with Crippen LogP contribution in [0.25, 0.3) is 0 Å². The topological polar surface area (TPSA) is 93.8 Å². The first kappa shape index (κ1) is 28.5. The second kappa shape index (κ2) is 14.0. The SMILES string of the molecule is CCc1cccc(CNC(C[C@H](N)COC(=O)C(O)COc2ccc(Cl)cc2)c2cc(F)cc(F)c2)c1. The summed E-state index contributed by atoms with van der Waals surface area (Å²) in [6, 6.07) is 16.6. The lowest BCUT2D eigenvalue weighted by atomic mass is 9.99. The van der Waals surface area contributed by atoms with Gasteiger partial charge in [-0.15, -0.1) is 0 Å². The van der Waals surface area contributed by atoms with Gasteiger partial charge in [-0.25, -0.2) is 13.6 Å². The van der Waals surface area contributed by atoms with E-state index in [0.29, 0.717) is 22.9 Å². The molecule has 0 bridgehead atoms. The van der Waals surface area contributed by atoms with Gasteiger partial charge in [-0.3, -0.25) is 0 Å². The molecule has 3 atom stereocenters. The third kappa shape index (κ3) is 9.40. The van der Waals surface area contributed by atoms with E-state index in [2.05, 4.69) is 18.3 Å². The fourth-order valence-electron chi connectivity index (χ4n) is 3.74. The summed E-state index contributed by atoms with van der Waals surface area (Å²) in [7, 11) is 0.